The lowest BCUT2D eigenvalue weighted by Crippen LogP contribution is -2.43. The topological polar surface area (TPSA) is 43.1 Å². The van der Waals surface area contributed by atoms with E-state index >= 15 is 0 Å². The second-order valence-corrected chi connectivity index (χ2v) is 13.3. The highest BCUT2D eigenvalue weighted by Gasteiger charge is 2.41. The summed E-state index contributed by atoms with van der Waals surface area (Å²) in [6.45, 7) is 13.6. The highest BCUT2D eigenvalue weighted by molar-refractivity contribution is 14.1. The molecule has 0 saturated heterocycles. The third kappa shape index (κ3) is 3.90. The number of hydrogen-bond donors (Lipinski definition) is 0. The van der Waals surface area contributed by atoms with E-state index in [0.29, 0.717) is 16.6 Å². The fourth-order valence-electron chi connectivity index (χ4n) is 3.33. The minimum absolute atomic E-state index is 0.107. The first-order valence-electron chi connectivity index (χ1n) is 7.60. The van der Waals surface area contributed by atoms with E-state index < -0.39 is 8.07 Å². The van der Waals surface area contributed by atoms with Crippen molar-refractivity contribution in [3.05, 3.63) is 37.4 Å². The predicted molar refractivity (Wildman–Crippen MR) is 104 cm³/mol. The van der Waals surface area contributed by atoms with Crippen molar-refractivity contribution in [2.24, 2.45) is 0 Å². The first kappa shape index (κ1) is 19.2. The van der Waals surface area contributed by atoms with Gasteiger partial charge in [-0.1, -0.05) is 47.5 Å². The highest BCUT2D eigenvalue weighted by atomic mass is 127. The first-order chi connectivity index (χ1) is 10.1. The van der Waals surface area contributed by atoms with Crippen LogP contribution >= 0.6 is 22.6 Å². The summed E-state index contributed by atoms with van der Waals surface area (Å²) >= 11 is 2.19. The Morgan fingerprint density at radius 1 is 1.09 bits per heavy atom. The summed E-state index contributed by atoms with van der Waals surface area (Å²) in [6.07, 6.45) is 0. The van der Waals surface area contributed by atoms with Gasteiger partial charge >= 0.3 is 0 Å². The molecule has 0 aliphatic carbocycles. The molecule has 1 aromatic rings. The van der Waals surface area contributed by atoms with Crippen molar-refractivity contribution >= 4 is 36.4 Å². The first-order valence-corrected chi connectivity index (χ1v) is 10.9. The molecule has 0 unspecified atom stereocenters. The quantitative estimate of drug-likeness (QED) is 0.201. The minimum Gasteiger partial charge on any atom is -0.258 e. The number of rotatable bonds is 4. The number of nitro benzene ring substituents is 1. The minimum atomic E-state index is -1.81. The summed E-state index contributed by atoms with van der Waals surface area (Å²) in [7, 11) is -1.81. The Morgan fingerprint density at radius 3 is 2.00 bits per heavy atom. The molecule has 0 radical (unpaired) electrons. The van der Waals surface area contributed by atoms with Gasteiger partial charge in [-0.3, -0.25) is 10.1 Å². The van der Waals surface area contributed by atoms with E-state index in [4.69, 9.17) is 0 Å². The Kier molecular flexibility index (Phi) is 6.62. The molecule has 1 aromatic carbocycles. The van der Waals surface area contributed by atoms with Crippen LogP contribution in [-0.4, -0.2) is 13.0 Å². The molecule has 0 N–H and O–H groups in total. The van der Waals surface area contributed by atoms with Crippen LogP contribution in [0.4, 0.5) is 5.69 Å². The Hall–Kier alpha value is -0.873. The molecular weight excluding hydrogens is 405 g/mol. The number of benzene rings is 1. The Balaban J connectivity index is 3.41. The normalized spacial score (nSPS) is 11.7. The van der Waals surface area contributed by atoms with Crippen LogP contribution in [-0.2, 0) is 0 Å². The summed E-state index contributed by atoms with van der Waals surface area (Å²) in [4.78, 5) is 10.6. The van der Waals surface area contributed by atoms with Crippen molar-refractivity contribution < 1.29 is 4.92 Å². The molecule has 0 amide bonds. The lowest BCUT2D eigenvalue weighted by atomic mass is 10.2. The fraction of sp³-hybridized carbons (Fsp3) is 0.529. The molecule has 3 nitrogen and oxygen atoms in total. The van der Waals surface area contributed by atoms with Crippen LogP contribution < -0.4 is 0 Å². The zero-order valence-corrected chi connectivity index (χ0v) is 17.3. The van der Waals surface area contributed by atoms with Crippen molar-refractivity contribution in [1.82, 2.24) is 0 Å². The lowest BCUT2D eigenvalue weighted by Gasteiger charge is -2.38. The third-order valence-electron chi connectivity index (χ3n) is 4.44. The molecule has 0 heterocycles. The third-order valence-corrected chi connectivity index (χ3v) is 11.7. The van der Waals surface area contributed by atoms with Gasteiger partial charge in [0.25, 0.3) is 5.69 Å². The number of nitro groups is 1. The van der Waals surface area contributed by atoms with Crippen LogP contribution in [0.1, 0.15) is 47.1 Å². The van der Waals surface area contributed by atoms with E-state index in [1.165, 1.54) is 6.07 Å². The van der Waals surface area contributed by atoms with Crippen LogP contribution in [0.5, 0.6) is 0 Å². The van der Waals surface area contributed by atoms with Gasteiger partial charge in [0.2, 0.25) is 0 Å². The molecular formula is C17H24INO2Si. The van der Waals surface area contributed by atoms with E-state index in [-0.39, 0.29) is 10.6 Å². The molecule has 0 bridgehead atoms. The molecule has 1 rings (SSSR count). The Morgan fingerprint density at radius 2 is 1.59 bits per heavy atom. The van der Waals surface area contributed by atoms with Crippen molar-refractivity contribution in [2.45, 2.75) is 58.2 Å². The van der Waals surface area contributed by atoms with Gasteiger partial charge in [-0.15, -0.1) is 5.54 Å². The average molecular weight is 429 g/mol. The van der Waals surface area contributed by atoms with E-state index in [9.17, 15) is 10.1 Å². The summed E-state index contributed by atoms with van der Waals surface area (Å²) in [5.74, 6) is 3.29. The molecule has 0 aromatic heterocycles. The van der Waals surface area contributed by atoms with E-state index in [0.717, 1.165) is 9.13 Å². The smallest absolute Gasteiger partial charge is 0.258 e. The SMILES string of the molecule is CC(C)[Si](C#Cc1cc([N+](=O)[O-])ccc1I)(C(C)C)C(C)C. The lowest BCUT2D eigenvalue weighted by molar-refractivity contribution is -0.384. The monoisotopic (exact) mass is 429 g/mol. The van der Waals surface area contributed by atoms with Crippen molar-refractivity contribution in [2.75, 3.05) is 0 Å². The average Bonchev–Trinajstić information content (AvgIpc) is 2.39. The van der Waals surface area contributed by atoms with E-state index in [1.54, 1.807) is 12.1 Å². The van der Waals surface area contributed by atoms with Crippen molar-refractivity contribution in [1.29, 1.82) is 0 Å². The summed E-state index contributed by atoms with van der Waals surface area (Å²) < 4.78 is 0.967. The van der Waals surface area contributed by atoms with Crippen LogP contribution in [0.2, 0.25) is 16.6 Å². The molecule has 22 heavy (non-hydrogen) atoms. The summed E-state index contributed by atoms with van der Waals surface area (Å²) in [6, 6.07) is 4.89. The van der Waals surface area contributed by atoms with Gasteiger partial charge in [0.15, 0.2) is 0 Å². The maximum atomic E-state index is 11.0. The zero-order chi connectivity index (χ0) is 17.1. The van der Waals surface area contributed by atoms with Crippen molar-refractivity contribution in [3.63, 3.8) is 0 Å². The van der Waals surface area contributed by atoms with Gasteiger partial charge in [-0.25, -0.2) is 0 Å². The van der Waals surface area contributed by atoms with E-state index in [2.05, 4.69) is 75.6 Å². The van der Waals surface area contributed by atoms with Crippen LogP contribution in [0.15, 0.2) is 18.2 Å². The molecule has 120 valence electrons. The van der Waals surface area contributed by atoms with Gasteiger partial charge in [0.05, 0.1) is 4.92 Å². The Bertz CT molecular complexity index is 593. The predicted octanol–water partition coefficient (Wildman–Crippen LogP) is 5.77. The van der Waals surface area contributed by atoms with Crippen LogP contribution in [0.3, 0.4) is 0 Å². The second kappa shape index (κ2) is 7.60. The zero-order valence-electron chi connectivity index (χ0n) is 14.1. The van der Waals surface area contributed by atoms with Crippen LogP contribution in [0.25, 0.3) is 0 Å². The highest BCUT2D eigenvalue weighted by Crippen LogP contribution is 2.40. The van der Waals surface area contributed by atoms with Gasteiger partial charge < -0.3 is 0 Å². The molecule has 0 aliphatic heterocycles. The summed E-state index contributed by atoms with van der Waals surface area (Å²) in [5.41, 5.74) is 6.15. The molecule has 0 aliphatic rings. The second-order valence-electron chi connectivity index (χ2n) is 6.57. The Labute approximate surface area is 148 Å². The standard InChI is InChI=1S/C17H24INO2Si/c1-12(2)22(13(3)4,14(5)6)10-9-15-11-16(19(20)21)7-8-17(15)18/h7-8,11-14H,1-6H3. The van der Waals surface area contributed by atoms with Crippen molar-refractivity contribution in [3.8, 4) is 11.5 Å². The number of hydrogen-bond acceptors (Lipinski definition) is 2. The number of halogens is 1. The summed E-state index contributed by atoms with van der Waals surface area (Å²) in [5, 5.41) is 11.0. The molecule has 0 spiro atoms. The maximum absolute atomic E-state index is 11.0. The molecule has 0 saturated carbocycles. The molecule has 0 atom stereocenters. The van der Waals surface area contributed by atoms with Gasteiger partial charge in [-0.05, 0) is 45.3 Å². The number of non-ortho nitro benzene ring substituents is 1. The van der Waals surface area contributed by atoms with Gasteiger partial charge in [0.1, 0.15) is 8.07 Å². The molecule has 0 fully saturated rings. The maximum Gasteiger partial charge on any atom is 0.270 e. The van der Waals surface area contributed by atoms with Crippen LogP contribution in [0, 0.1) is 25.1 Å². The molecule has 5 heteroatoms. The largest absolute Gasteiger partial charge is 0.270 e. The van der Waals surface area contributed by atoms with Gasteiger partial charge in [-0.2, -0.15) is 0 Å². The van der Waals surface area contributed by atoms with Gasteiger partial charge in [0, 0.05) is 21.3 Å². The fourth-order valence-corrected chi connectivity index (χ4v) is 9.02. The number of nitrogens with zero attached hydrogens (tertiary/aromatic N) is 1. The van der Waals surface area contributed by atoms with E-state index in [1.807, 2.05) is 0 Å².